The normalized spacial score (nSPS) is 9.57. The van der Waals surface area contributed by atoms with Crippen molar-refractivity contribution in [3.63, 3.8) is 0 Å². The van der Waals surface area contributed by atoms with Crippen LogP contribution in [0.15, 0.2) is 36.6 Å². The highest BCUT2D eigenvalue weighted by Crippen LogP contribution is 2.11. The quantitative estimate of drug-likeness (QED) is 0.418. The first kappa shape index (κ1) is 10.4. The van der Waals surface area contributed by atoms with E-state index in [9.17, 15) is 9.18 Å². The number of halogens is 1. The molecule has 2 nitrogen and oxygen atoms in total. The Morgan fingerprint density at radius 1 is 1.50 bits per heavy atom. The van der Waals surface area contributed by atoms with Gasteiger partial charge in [-0.05, 0) is 19.1 Å². The van der Waals surface area contributed by atoms with Gasteiger partial charge in [-0.15, -0.1) is 0 Å². The molecule has 0 aliphatic rings. The van der Waals surface area contributed by atoms with Crippen LogP contribution >= 0.6 is 0 Å². The van der Waals surface area contributed by atoms with Gasteiger partial charge in [0.05, 0.1) is 12.2 Å². The van der Waals surface area contributed by atoms with Gasteiger partial charge in [-0.1, -0.05) is 18.7 Å². The molecule has 1 aromatic rings. The van der Waals surface area contributed by atoms with Crippen LogP contribution in [-0.2, 0) is 4.74 Å². The van der Waals surface area contributed by atoms with Crippen molar-refractivity contribution in [3.05, 3.63) is 48.0 Å². The van der Waals surface area contributed by atoms with Gasteiger partial charge in [0.1, 0.15) is 5.82 Å². The zero-order valence-corrected chi connectivity index (χ0v) is 7.92. The van der Waals surface area contributed by atoms with Crippen molar-refractivity contribution in [2.24, 2.45) is 0 Å². The van der Waals surface area contributed by atoms with E-state index in [0.717, 1.165) is 0 Å². The molecule has 0 aliphatic carbocycles. The van der Waals surface area contributed by atoms with Crippen molar-refractivity contribution in [2.45, 2.75) is 6.92 Å². The number of hydrogen-bond donors (Lipinski definition) is 0. The molecule has 0 radical (unpaired) electrons. The van der Waals surface area contributed by atoms with E-state index in [-0.39, 0.29) is 11.3 Å². The Hall–Kier alpha value is -1.64. The van der Waals surface area contributed by atoms with Gasteiger partial charge in [0.2, 0.25) is 5.78 Å². The van der Waals surface area contributed by atoms with Crippen molar-refractivity contribution in [1.82, 2.24) is 0 Å². The maximum Gasteiger partial charge on any atom is 0.229 e. The molecule has 0 fully saturated rings. The standard InChI is InChI=1S/C11H11FO2/c1-3-14-8(2)11(13)9-6-4-5-7-10(9)12/h4-7H,2-3H2,1H3. The topological polar surface area (TPSA) is 26.3 Å². The molecule has 0 heterocycles. The third-order valence-electron chi connectivity index (χ3n) is 1.69. The zero-order chi connectivity index (χ0) is 10.6. The van der Waals surface area contributed by atoms with Crippen LogP contribution in [-0.4, -0.2) is 12.4 Å². The first-order valence-electron chi connectivity index (χ1n) is 4.27. The summed E-state index contributed by atoms with van der Waals surface area (Å²) in [6.07, 6.45) is 0. The smallest absolute Gasteiger partial charge is 0.229 e. The number of allylic oxidation sites excluding steroid dienone is 1. The Kier molecular flexibility index (Phi) is 3.40. The summed E-state index contributed by atoms with van der Waals surface area (Å²) < 4.78 is 18.0. The molecule has 0 unspecified atom stereocenters. The van der Waals surface area contributed by atoms with Crippen LogP contribution in [0.3, 0.4) is 0 Å². The maximum absolute atomic E-state index is 13.1. The van der Waals surface area contributed by atoms with E-state index in [1.165, 1.54) is 18.2 Å². The average Bonchev–Trinajstić information content (AvgIpc) is 2.18. The molecule has 3 heteroatoms. The molecule has 0 bridgehead atoms. The Balaban J connectivity index is 2.90. The fourth-order valence-corrected chi connectivity index (χ4v) is 1.04. The summed E-state index contributed by atoms with van der Waals surface area (Å²) in [4.78, 5) is 11.5. The van der Waals surface area contributed by atoms with E-state index >= 15 is 0 Å². The fourth-order valence-electron chi connectivity index (χ4n) is 1.04. The molecule has 0 aromatic heterocycles. The number of rotatable bonds is 4. The summed E-state index contributed by atoms with van der Waals surface area (Å²) in [7, 11) is 0. The number of carbonyl (C=O) groups is 1. The molecule has 0 saturated carbocycles. The predicted molar refractivity (Wildman–Crippen MR) is 51.5 cm³/mol. The Bertz CT molecular complexity index is 358. The van der Waals surface area contributed by atoms with E-state index in [0.29, 0.717) is 6.61 Å². The van der Waals surface area contributed by atoms with Crippen LogP contribution in [0.1, 0.15) is 17.3 Å². The molecule has 0 spiro atoms. The Morgan fingerprint density at radius 3 is 2.71 bits per heavy atom. The fraction of sp³-hybridized carbons (Fsp3) is 0.182. The molecule has 0 aliphatic heterocycles. The van der Waals surface area contributed by atoms with Gasteiger partial charge in [-0.2, -0.15) is 0 Å². The molecule has 1 aromatic carbocycles. The highest BCUT2D eigenvalue weighted by molar-refractivity contribution is 6.07. The van der Waals surface area contributed by atoms with Gasteiger partial charge in [-0.25, -0.2) is 4.39 Å². The summed E-state index contributed by atoms with van der Waals surface area (Å²) in [5.41, 5.74) is -0.00838. The third-order valence-corrected chi connectivity index (χ3v) is 1.69. The van der Waals surface area contributed by atoms with Crippen molar-refractivity contribution in [2.75, 3.05) is 6.61 Å². The second-order valence-electron chi connectivity index (χ2n) is 2.67. The molecule has 74 valence electrons. The van der Waals surface area contributed by atoms with E-state index in [2.05, 4.69) is 6.58 Å². The summed E-state index contributed by atoms with van der Waals surface area (Å²) >= 11 is 0. The lowest BCUT2D eigenvalue weighted by Gasteiger charge is -2.05. The largest absolute Gasteiger partial charge is 0.490 e. The Labute approximate surface area is 82.0 Å². The third kappa shape index (κ3) is 2.19. The minimum absolute atomic E-state index is 0.00838. The summed E-state index contributed by atoms with van der Waals surface area (Å²) in [6.45, 7) is 5.51. The second-order valence-corrected chi connectivity index (χ2v) is 2.67. The first-order chi connectivity index (χ1) is 6.66. The lowest BCUT2D eigenvalue weighted by atomic mass is 10.1. The summed E-state index contributed by atoms with van der Waals surface area (Å²) in [5.74, 6) is -1.10. The first-order valence-corrected chi connectivity index (χ1v) is 4.27. The number of hydrogen-bond acceptors (Lipinski definition) is 2. The molecule has 0 N–H and O–H groups in total. The van der Waals surface area contributed by atoms with Crippen molar-refractivity contribution >= 4 is 5.78 Å². The zero-order valence-electron chi connectivity index (χ0n) is 7.92. The number of carbonyl (C=O) groups excluding carboxylic acids is 1. The van der Waals surface area contributed by atoms with Gasteiger partial charge < -0.3 is 4.74 Å². The maximum atomic E-state index is 13.1. The monoisotopic (exact) mass is 194 g/mol. The minimum Gasteiger partial charge on any atom is -0.490 e. The number of Topliss-reactive ketones (excluding diaryl/α,β-unsaturated/α-hetero) is 1. The van der Waals surface area contributed by atoms with E-state index < -0.39 is 11.6 Å². The van der Waals surface area contributed by atoms with Crippen LogP contribution in [0.5, 0.6) is 0 Å². The van der Waals surface area contributed by atoms with Gasteiger partial charge in [-0.3, -0.25) is 4.79 Å². The number of ketones is 1. The van der Waals surface area contributed by atoms with Crippen molar-refractivity contribution in [3.8, 4) is 0 Å². The lowest BCUT2D eigenvalue weighted by Crippen LogP contribution is -2.07. The van der Waals surface area contributed by atoms with E-state index in [4.69, 9.17) is 4.74 Å². The highest BCUT2D eigenvalue weighted by Gasteiger charge is 2.14. The van der Waals surface area contributed by atoms with Crippen LogP contribution in [0, 0.1) is 5.82 Å². The lowest BCUT2D eigenvalue weighted by molar-refractivity contribution is 0.0925. The predicted octanol–water partition coefficient (Wildman–Crippen LogP) is 2.56. The second kappa shape index (κ2) is 4.56. The highest BCUT2D eigenvalue weighted by atomic mass is 19.1. The molecule has 1 rings (SSSR count). The number of ether oxygens (including phenoxy) is 1. The summed E-state index contributed by atoms with van der Waals surface area (Å²) in [5, 5.41) is 0. The Morgan fingerprint density at radius 2 is 2.14 bits per heavy atom. The van der Waals surface area contributed by atoms with Gasteiger partial charge >= 0.3 is 0 Å². The van der Waals surface area contributed by atoms with E-state index in [1.54, 1.807) is 13.0 Å². The molecule has 0 amide bonds. The molecular formula is C11H11FO2. The number of benzene rings is 1. The SMILES string of the molecule is C=C(OCC)C(=O)c1ccccc1F. The van der Waals surface area contributed by atoms with Crippen LogP contribution in [0.2, 0.25) is 0 Å². The molecule has 0 atom stereocenters. The van der Waals surface area contributed by atoms with Gasteiger partial charge in [0.15, 0.2) is 5.76 Å². The molecule has 14 heavy (non-hydrogen) atoms. The van der Waals surface area contributed by atoms with Crippen molar-refractivity contribution in [1.29, 1.82) is 0 Å². The minimum atomic E-state index is -0.557. The molecule has 0 saturated heterocycles. The van der Waals surface area contributed by atoms with Crippen LogP contribution in [0.25, 0.3) is 0 Å². The molecular weight excluding hydrogens is 183 g/mol. The van der Waals surface area contributed by atoms with Crippen molar-refractivity contribution < 1.29 is 13.9 Å². The van der Waals surface area contributed by atoms with Crippen LogP contribution < -0.4 is 0 Å². The summed E-state index contributed by atoms with van der Waals surface area (Å²) in [6, 6.07) is 5.75. The van der Waals surface area contributed by atoms with Crippen LogP contribution in [0.4, 0.5) is 4.39 Å². The van der Waals surface area contributed by atoms with E-state index in [1.807, 2.05) is 0 Å². The van der Waals surface area contributed by atoms with Gasteiger partial charge in [0, 0.05) is 0 Å². The van der Waals surface area contributed by atoms with Gasteiger partial charge in [0.25, 0.3) is 0 Å². The average molecular weight is 194 g/mol.